The first-order chi connectivity index (χ1) is 14.0. The summed E-state index contributed by atoms with van der Waals surface area (Å²) in [6.07, 6.45) is 1.92. The highest BCUT2D eigenvalue weighted by Gasteiger charge is 2.38. The number of ether oxygens (including phenoxy) is 1. The predicted octanol–water partition coefficient (Wildman–Crippen LogP) is 5.82. The van der Waals surface area contributed by atoms with Crippen LogP contribution in [-0.4, -0.2) is 5.78 Å². The van der Waals surface area contributed by atoms with Gasteiger partial charge < -0.3 is 10.5 Å². The molecule has 4 nitrogen and oxygen atoms in total. The van der Waals surface area contributed by atoms with Crippen LogP contribution in [0.25, 0.3) is 0 Å². The van der Waals surface area contributed by atoms with Crippen molar-refractivity contribution in [1.82, 2.24) is 0 Å². The summed E-state index contributed by atoms with van der Waals surface area (Å²) in [5, 5.41) is 10.4. The Morgan fingerprint density at radius 1 is 1.34 bits per heavy atom. The third-order valence-electron chi connectivity index (χ3n) is 5.14. The maximum absolute atomic E-state index is 12.7. The van der Waals surface area contributed by atoms with Crippen LogP contribution in [-0.2, 0) is 15.3 Å². The number of nitrogens with zero attached hydrogens (tertiary/aromatic N) is 1. The lowest BCUT2D eigenvalue weighted by molar-refractivity contribution is -0.116. The highest BCUT2D eigenvalue weighted by atomic mass is 35.5. The number of ketones is 1. The van der Waals surface area contributed by atoms with E-state index in [-0.39, 0.29) is 11.7 Å². The number of aryl methyl sites for hydroxylation is 1. The fourth-order valence-electron chi connectivity index (χ4n) is 3.66. The Morgan fingerprint density at radius 3 is 2.83 bits per heavy atom. The van der Waals surface area contributed by atoms with Crippen molar-refractivity contribution in [3.63, 3.8) is 0 Å². The van der Waals surface area contributed by atoms with E-state index in [1.165, 1.54) is 10.4 Å². The quantitative estimate of drug-likeness (QED) is 0.604. The number of hydrogen-bond acceptors (Lipinski definition) is 6. The van der Waals surface area contributed by atoms with Gasteiger partial charge in [-0.25, -0.2) is 0 Å². The van der Waals surface area contributed by atoms with Gasteiger partial charge in [-0.3, -0.25) is 4.79 Å². The lowest BCUT2D eigenvalue weighted by Crippen LogP contribution is -2.27. The zero-order valence-electron chi connectivity index (χ0n) is 15.8. The van der Waals surface area contributed by atoms with Gasteiger partial charge in [0.25, 0.3) is 0 Å². The molecule has 4 rings (SSSR count). The molecule has 0 unspecified atom stereocenters. The predicted molar refractivity (Wildman–Crippen MR) is 117 cm³/mol. The molecule has 0 saturated carbocycles. The van der Waals surface area contributed by atoms with Crippen LogP contribution in [0.1, 0.15) is 40.5 Å². The van der Waals surface area contributed by atoms with E-state index in [4.69, 9.17) is 22.1 Å². The van der Waals surface area contributed by atoms with Crippen molar-refractivity contribution in [2.24, 2.45) is 5.73 Å². The number of thiophene rings is 1. The molecular weight excluding hydrogens is 424 g/mol. The lowest BCUT2D eigenvalue weighted by Gasteiger charge is -2.30. The Balaban J connectivity index is 1.66. The molecule has 1 atom stereocenters. The van der Waals surface area contributed by atoms with Gasteiger partial charge in [0.2, 0.25) is 5.88 Å². The van der Waals surface area contributed by atoms with Crippen LogP contribution >= 0.6 is 34.7 Å². The first-order valence-electron chi connectivity index (χ1n) is 9.29. The summed E-state index contributed by atoms with van der Waals surface area (Å²) in [7, 11) is 0. The molecule has 0 radical (unpaired) electrons. The number of hydrogen-bond donors (Lipinski definition) is 1. The largest absolute Gasteiger partial charge is 0.444 e. The van der Waals surface area contributed by atoms with E-state index in [0.717, 1.165) is 27.0 Å². The highest BCUT2D eigenvalue weighted by molar-refractivity contribution is 7.98. The number of thioether (sulfide) groups is 1. The van der Waals surface area contributed by atoms with Crippen molar-refractivity contribution in [3.8, 4) is 6.07 Å². The van der Waals surface area contributed by atoms with Crippen molar-refractivity contribution in [2.45, 2.75) is 42.8 Å². The number of rotatable bonds is 4. The maximum Gasteiger partial charge on any atom is 0.205 e. The molecule has 1 aromatic carbocycles. The molecule has 148 valence electrons. The Kier molecular flexibility index (Phi) is 5.73. The minimum absolute atomic E-state index is 0.0552. The minimum atomic E-state index is -0.422. The smallest absolute Gasteiger partial charge is 0.205 e. The first-order valence-corrected chi connectivity index (χ1v) is 11.5. The molecule has 29 heavy (non-hydrogen) atoms. The van der Waals surface area contributed by atoms with E-state index < -0.39 is 5.92 Å². The second-order valence-electron chi connectivity index (χ2n) is 7.01. The van der Waals surface area contributed by atoms with E-state index >= 15 is 0 Å². The number of benzene rings is 1. The SMILES string of the molecule is Cc1sc([C@H]2C(C#N)=C(N)OC3=C2C(=O)CCC3)cc1CSc1ccc(Cl)cc1. The molecule has 0 bridgehead atoms. The Bertz CT molecular complexity index is 1080. The molecule has 1 aromatic heterocycles. The van der Waals surface area contributed by atoms with Crippen LogP contribution in [0.3, 0.4) is 0 Å². The molecule has 0 amide bonds. The van der Waals surface area contributed by atoms with Crippen molar-refractivity contribution >= 4 is 40.5 Å². The van der Waals surface area contributed by atoms with Crippen LogP contribution in [0.15, 0.2) is 58.0 Å². The standard InChI is InChI=1S/C22H19ClN2O2S2/c1-12-13(11-28-15-7-5-14(23)6-8-15)9-19(29-12)20-16(10-24)22(25)27-18-4-2-3-17(26)21(18)20/h5-9,20H,2-4,11,25H2,1H3/t20-/m1/s1. The van der Waals surface area contributed by atoms with E-state index in [2.05, 4.69) is 19.1 Å². The second-order valence-corrected chi connectivity index (χ2v) is 9.78. The molecule has 1 aliphatic heterocycles. The van der Waals surface area contributed by atoms with E-state index in [9.17, 15) is 10.1 Å². The summed E-state index contributed by atoms with van der Waals surface area (Å²) >= 11 is 9.31. The van der Waals surface area contributed by atoms with Gasteiger partial charge in [-0.15, -0.1) is 23.1 Å². The molecule has 0 saturated heterocycles. The third kappa shape index (κ3) is 3.95. The van der Waals surface area contributed by atoms with Gasteiger partial charge in [0.05, 0.1) is 5.92 Å². The topological polar surface area (TPSA) is 76.1 Å². The summed E-state index contributed by atoms with van der Waals surface area (Å²) in [6, 6.07) is 12.1. The minimum Gasteiger partial charge on any atom is -0.444 e. The molecular formula is C22H19ClN2O2S2. The van der Waals surface area contributed by atoms with Crippen LogP contribution in [0, 0.1) is 18.3 Å². The lowest BCUT2D eigenvalue weighted by atomic mass is 9.80. The van der Waals surface area contributed by atoms with E-state index in [1.807, 2.05) is 24.3 Å². The van der Waals surface area contributed by atoms with Gasteiger partial charge in [-0.2, -0.15) is 5.26 Å². The van der Waals surface area contributed by atoms with Crippen LogP contribution in [0.5, 0.6) is 0 Å². The van der Waals surface area contributed by atoms with Gasteiger partial charge >= 0.3 is 0 Å². The number of allylic oxidation sites excluding steroid dienone is 3. The van der Waals surface area contributed by atoms with Crippen LogP contribution in [0.2, 0.25) is 5.02 Å². The van der Waals surface area contributed by atoms with Crippen LogP contribution < -0.4 is 5.73 Å². The third-order valence-corrected chi connectivity index (χ3v) is 7.61. The average Bonchev–Trinajstić information content (AvgIpc) is 3.07. The number of Topliss-reactive ketones (excluding diaryl/α,β-unsaturated/α-hetero) is 1. The molecule has 0 spiro atoms. The van der Waals surface area contributed by atoms with Crippen molar-refractivity contribution in [2.75, 3.05) is 0 Å². The average molecular weight is 443 g/mol. The zero-order chi connectivity index (χ0) is 20.5. The van der Waals surface area contributed by atoms with E-state index in [1.54, 1.807) is 23.1 Å². The molecule has 0 fully saturated rings. The fraction of sp³-hybridized carbons (Fsp3) is 0.273. The maximum atomic E-state index is 12.7. The van der Waals surface area contributed by atoms with E-state index in [0.29, 0.717) is 29.7 Å². The van der Waals surface area contributed by atoms with Gasteiger partial charge in [-0.1, -0.05) is 11.6 Å². The number of carbonyl (C=O) groups is 1. The normalized spacial score (nSPS) is 19.1. The summed E-state index contributed by atoms with van der Waals surface area (Å²) in [4.78, 5) is 16.0. The Labute approximate surface area is 183 Å². The molecule has 1 aliphatic carbocycles. The Hall–Kier alpha value is -2.20. The molecule has 2 aliphatic rings. The summed E-state index contributed by atoms with van der Waals surface area (Å²) in [5.74, 6) is 1.18. The van der Waals surface area contributed by atoms with Crippen molar-refractivity contribution in [3.05, 3.63) is 73.5 Å². The summed E-state index contributed by atoms with van der Waals surface area (Å²) in [5.41, 5.74) is 8.17. The number of carbonyl (C=O) groups excluding carboxylic acids is 1. The van der Waals surface area contributed by atoms with Crippen molar-refractivity contribution in [1.29, 1.82) is 5.26 Å². The number of halogens is 1. The summed E-state index contributed by atoms with van der Waals surface area (Å²) in [6.45, 7) is 2.07. The first kappa shape index (κ1) is 20.1. The van der Waals surface area contributed by atoms with Crippen molar-refractivity contribution < 1.29 is 9.53 Å². The van der Waals surface area contributed by atoms with Crippen LogP contribution in [0.4, 0.5) is 0 Å². The highest BCUT2D eigenvalue weighted by Crippen LogP contribution is 2.46. The Morgan fingerprint density at radius 2 is 2.10 bits per heavy atom. The summed E-state index contributed by atoms with van der Waals surface area (Å²) < 4.78 is 5.65. The fourth-order valence-corrected chi connectivity index (χ4v) is 6.00. The van der Waals surface area contributed by atoms with Gasteiger partial charge in [0.15, 0.2) is 5.78 Å². The monoisotopic (exact) mass is 442 g/mol. The van der Waals surface area contributed by atoms with Gasteiger partial charge in [0.1, 0.15) is 17.4 Å². The molecule has 7 heteroatoms. The molecule has 2 N–H and O–H groups in total. The molecule has 2 aromatic rings. The zero-order valence-corrected chi connectivity index (χ0v) is 18.2. The van der Waals surface area contributed by atoms with Gasteiger partial charge in [-0.05, 0) is 49.2 Å². The van der Waals surface area contributed by atoms with Gasteiger partial charge in [0, 0.05) is 43.8 Å². The number of nitriles is 1. The number of nitrogens with two attached hydrogens (primary N) is 1. The second kappa shape index (κ2) is 8.27. The molecule has 2 heterocycles.